The van der Waals surface area contributed by atoms with Gasteiger partial charge in [0.1, 0.15) is 5.69 Å². The average Bonchev–Trinajstić information content (AvgIpc) is 2.74. The summed E-state index contributed by atoms with van der Waals surface area (Å²) >= 11 is 0. The van der Waals surface area contributed by atoms with E-state index in [1.807, 2.05) is 35.0 Å². The zero-order chi connectivity index (χ0) is 14.5. The molecule has 3 heteroatoms. The SMILES string of the molecule is CCCCn1nc(-c2ccccc2)c(O)c1CC(C)C. The van der Waals surface area contributed by atoms with Crippen molar-refractivity contribution in [1.82, 2.24) is 9.78 Å². The fraction of sp³-hybridized carbons (Fsp3) is 0.471. The second kappa shape index (κ2) is 6.60. The summed E-state index contributed by atoms with van der Waals surface area (Å²) in [6, 6.07) is 9.91. The lowest BCUT2D eigenvalue weighted by Crippen LogP contribution is -2.07. The van der Waals surface area contributed by atoms with E-state index in [0.29, 0.717) is 17.4 Å². The predicted octanol–water partition coefficient (Wildman–Crippen LogP) is 4.25. The van der Waals surface area contributed by atoms with Gasteiger partial charge in [-0.3, -0.25) is 4.68 Å². The summed E-state index contributed by atoms with van der Waals surface area (Å²) in [6.07, 6.45) is 3.07. The van der Waals surface area contributed by atoms with Crippen molar-refractivity contribution in [2.24, 2.45) is 5.92 Å². The van der Waals surface area contributed by atoms with Crippen molar-refractivity contribution in [1.29, 1.82) is 0 Å². The van der Waals surface area contributed by atoms with Gasteiger partial charge >= 0.3 is 0 Å². The summed E-state index contributed by atoms with van der Waals surface area (Å²) in [6.45, 7) is 7.38. The lowest BCUT2D eigenvalue weighted by Gasteiger charge is -2.08. The molecule has 0 bridgehead atoms. The first-order valence-corrected chi connectivity index (χ1v) is 7.47. The molecule has 0 radical (unpaired) electrons. The molecular weight excluding hydrogens is 248 g/mol. The van der Waals surface area contributed by atoms with Crippen molar-refractivity contribution in [2.75, 3.05) is 0 Å². The summed E-state index contributed by atoms with van der Waals surface area (Å²) in [5.41, 5.74) is 2.65. The van der Waals surface area contributed by atoms with Crippen LogP contribution in [0.15, 0.2) is 30.3 Å². The van der Waals surface area contributed by atoms with Crippen molar-refractivity contribution >= 4 is 0 Å². The van der Waals surface area contributed by atoms with E-state index in [-0.39, 0.29) is 0 Å². The molecule has 20 heavy (non-hydrogen) atoms. The highest BCUT2D eigenvalue weighted by atomic mass is 16.3. The van der Waals surface area contributed by atoms with Crippen molar-refractivity contribution in [3.05, 3.63) is 36.0 Å². The van der Waals surface area contributed by atoms with Gasteiger partial charge in [0, 0.05) is 12.1 Å². The van der Waals surface area contributed by atoms with E-state index >= 15 is 0 Å². The molecule has 0 aliphatic carbocycles. The number of hydrogen-bond donors (Lipinski definition) is 1. The Balaban J connectivity index is 2.41. The minimum atomic E-state index is 0.348. The first-order chi connectivity index (χ1) is 9.63. The maximum Gasteiger partial charge on any atom is 0.164 e. The van der Waals surface area contributed by atoms with E-state index in [9.17, 15) is 5.11 Å². The number of unbranched alkanes of at least 4 members (excludes halogenated alkanes) is 1. The molecule has 0 unspecified atom stereocenters. The molecule has 2 aromatic rings. The molecule has 0 fully saturated rings. The first kappa shape index (κ1) is 14.6. The van der Waals surface area contributed by atoms with E-state index in [0.717, 1.165) is 37.1 Å². The average molecular weight is 272 g/mol. The summed E-state index contributed by atoms with van der Waals surface area (Å²) in [5, 5.41) is 15.2. The lowest BCUT2D eigenvalue weighted by atomic mass is 10.1. The topological polar surface area (TPSA) is 38.0 Å². The Morgan fingerprint density at radius 1 is 1.20 bits per heavy atom. The maximum absolute atomic E-state index is 10.5. The number of nitrogens with zero attached hydrogens (tertiary/aromatic N) is 2. The molecule has 0 spiro atoms. The Morgan fingerprint density at radius 3 is 2.50 bits per heavy atom. The minimum Gasteiger partial charge on any atom is -0.504 e. The van der Waals surface area contributed by atoms with Crippen LogP contribution in [0.4, 0.5) is 0 Å². The van der Waals surface area contributed by atoms with Crippen LogP contribution in [0, 0.1) is 5.92 Å². The van der Waals surface area contributed by atoms with E-state index < -0.39 is 0 Å². The van der Waals surface area contributed by atoms with Crippen LogP contribution in [0.3, 0.4) is 0 Å². The van der Waals surface area contributed by atoms with Crippen molar-refractivity contribution < 1.29 is 5.11 Å². The summed E-state index contributed by atoms with van der Waals surface area (Å²) < 4.78 is 1.99. The van der Waals surface area contributed by atoms with Crippen LogP contribution in [0.5, 0.6) is 5.75 Å². The molecule has 0 aliphatic rings. The van der Waals surface area contributed by atoms with Crippen LogP contribution >= 0.6 is 0 Å². The molecule has 0 amide bonds. The van der Waals surface area contributed by atoms with Crippen LogP contribution in [0.1, 0.15) is 39.3 Å². The zero-order valence-electron chi connectivity index (χ0n) is 12.6. The third kappa shape index (κ3) is 3.21. The Labute approximate surface area is 121 Å². The Kier molecular flexibility index (Phi) is 4.83. The Morgan fingerprint density at radius 2 is 1.90 bits per heavy atom. The second-order valence-electron chi connectivity index (χ2n) is 5.68. The minimum absolute atomic E-state index is 0.348. The van der Waals surface area contributed by atoms with Gasteiger partial charge in [0.05, 0.1) is 5.69 Å². The maximum atomic E-state index is 10.5. The van der Waals surface area contributed by atoms with Gasteiger partial charge < -0.3 is 5.11 Å². The monoisotopic (exact) mass is 272 g/mol. The summed E-state index contributed by atoms with van der Waals surface area (Å²) in [5.74, 6) is 0.850. The molecule has 1 aromatic carbocycles. The second-order valence-corrected chi connectivity index (χ2v) is 5.68. The molecule has 0 saturated carbocycles. The molecule has 1 heterocycles. The normalized spacial score (nSPS) is 11.2. The molecule has 1 N–H and O–H groups in total. The molecule has 3 nitrogen and oxygen atoms in total. The van der Waals surface area contributed by atoms with Gasteiger partial charge in [-0.05, 0) is 18.8 Å². The van der Waals surface area contributed by atoms with Crippen LogP contribution < -0.4 is 0 Å². The number of aromatic nitrogens is 2. The molecule has 108 valence electrons. The highest BCUT2D eigenvalue weighted by Crippen LogP contribution is 2.33. The molecule has 2 rings (SSSR count). The molecular formula is C17H24N2O. The third-order valence-corrected chi connectivity index (χ3v) is 3.40. The first-order valence-electron chi connectivity index (χ1n) is 7.47. The summed E-state index contributed by atoms with van der Waals surface area (Å²) in [7, 11) is 0. The van der Waals surface area contributed by atoms with Gasteiger partial charge in [-0.15, -0.1) is 0 Å². The van der Waals surface area contributed by atoms with Gasteiger partial charge in [-0.2, -0.15) is 5.10 Å². The molecule has 1 aromatic heterocycles. The van der Waals surface area contributed by atoms with Crippen molar-refractivity contribution in [2.45, 2.75) is 46.6 Å². The standard InChI is InChI=1S/C17H24N2O/c1-4-5-11-19-15(12-13(2)3)17(20)16(18-19)14-9-7-6-8-10-14/h6-10,13,20H,4-5,11-12H2,1-3H3. The number of benzene rings is 1. The van der Waals surface area contributed by atoms with Crippen molar-refractivity contribution in [3.63, 3.8) is 0 Å². The van der Waals surface area contributed by atoms with E-state index in [1.165, 1.54) is 0 Å². The fourth-order valence-electron chi connectivity index (χ4n) is 2.36. The van der Waals surface area contributed by atoms with Crippen molar-refractivity contribution in [3.8, 4) is 17.0 Å². The fourth-order valence-corrected chi connectivity index (χ4v) is 2.36. The van der Waals surface area contributed by atoms with Crippen LogP contribution in [-0.4, -0.2) is 14.9 Å². The van der Waals surface area contributed by atoms with E-state index in [1.54, 1.807) is 0 Å². The molecule has 0 atom stereocenters. The Bertz CT molecular complexity index is 544. The largest absolute Gasteiger partial charge is 0.504 e. The lowest BCUT2D eigenvalue weighted by molar-refractivity contribution is 0.451. The van der Waals surface area contributed by atoms with Crippen LogP contribution in [0.25, 0.3) is 11.3 Å². The van der Waals surface area contributed by atoms with Gasteiger partial charge in [-0.25, -0.2) is 0 Å². The molecule has 0 aliphatic heterocycles. The number of rotatable bonds is 6. The number of aromatic hydroxyl groups is 1. The van der Waals surface area contributed by atoms with Gasteiger partial charge in [0.25, 0.3) is 0 Å². The zero-order valence-corrected chi connectivity index (χ0v) is 12.6. The van der Waals surface area contributed by atoms with Gasteiger partial charge in [0.2, 0.25) is 0 Å². The predicted molar refractivity (Wildman–Crippen MR) is 82.8 cm³/mol. The van der Waals surface area contributed by atoms with Crippen LogP contribution in [0.2, 0.25) is 0 Å². The summed E-state index contributed by atoms with van der Waals surface area (Å²) in [4.78, 5) is 0. The Hall–Kier alpha value is -1.77. The number of aryl methyl sites for hydroxylation is 1. The molecule has 0 saturated heterocycles. The van der Waals surface area contributed by atoms with Crippen LogP contribution in [-0.2, 0) is 13.0 Å². The quantitative estimate of drug-likeness (QED) is 0.853. The van der Waals surface area contributed by atoms with Gasteiger partial charge in [0.15, 0.2) is 5.75 Å². The van der Waals surface area contributed by atoms with E-state index in [4.69, 9.17) is 0 Å². The third-order valence-electron chi connectivity index (χ3n) is 3.40. The number of hydrogen-bond acceptors (Lipinski definition) is 2. The van der Waals surface area contributed by atoms with E-state index in [2.05, 4.69) is 25.9 Å². The highest BCUT2D eigenvalue weighted by molar-refractivity contribution is 5.67. The highest BCUT2D eigenvalue weighted by Gasteiger charge is 2.18. The van der Waals surface area contributed by atoms with Gasteiger partial charge in [-0.1, -0.05) is 57.5 Å². The smallest absolute Gasteiger partial charge is 0.164 e.